The van der Waals surface area contributed by atoms with E-state index < -0.39 is 0 Å². The number of benzene rings is 1. The first-order chi connectivity index (χ1) is 10.2. The van der Waals surface area contributed by atoms with Crippen LogP contribution in [0.4, 0.5) is 0 Å². The molecular formula is C16H21N3O2. The van der Waals surface area contributed by atoms with E-state index in [4.69, 9.17) is 9.47 Å². The van der Waals surface area contributed by atoms with E-state index in [1.807, 2.05) is 30.1 Å². The van der Waals surface area contributed by atoms with E-state index in [-0.39, 0.29) is 6.04 Å². The summed E-state index contributed by atoms with van der Waals surface area (Å²) in [4.78, 5) is 0. The number of aryl methyl sites for hydroxylation is 1. The van der Waals surface area contributed by atoms with E-state index >= 15 is 0 Å². The van der Waals surface area contributed by atoms with Crippen LogP contribution in [-0.2, 0) is 13.6 Å². The molecule has 0 aliphatic carbocycles. The molecule has 1 unspecified atom stereocenters. The van der Waals surface area contributed by atoms with Crippen molar-refractivity contribution in [2.75, 3.05) is 13.2 Å². The lowest BCUT2D eigenvalue weighted by molar-refractivity contribution is 0.297. The van der Waals surface area contributed by atoms with Gasteiger partial charge in [0.15, 0.2) is 11.5 Å². The highest BCUT2D eigenvalue weighted by Gasteiger charge is 2.13. The second-order valence-corrected chi connectivity index (χ2v) is 5.31. The molecule has 21 heavy (non-hydrogen) atoms. The Morgan fingerprint density at radius 1 is 1.24 bits per heavy atom. The summed E-state index contributed by atoms with van der Waals surface area (Å²) in [6.45, 7) is 4.37. The standard InChI is InChI=1S/C16H21N3O2/c1-12(17-11-14-6-7-18-19(14)2)13-4-5-15-16(10-13)21-9-3-8-20-15/h4-7,10,12,17H,3,8-9,11H2,1-2H3. The maximum Gasteiger partial charge on any atom is 0.161 e. The molecule has 0 radical (unpaired) electrons. The molecule has 1 atom stereocenters. The molecule has 5 heteroatoms. The van der Waals surface area contributed by atoms with Gasteiger partial charge in [-0.05, 0) is 30.7 Å². The van der Waals surface area contributed by atoms with Gasteiger partial charge in [0.05, 0.1) is 18.9 Å². The molecule has 2 heterocycles. The first kappa shape index (κ1) is 13.9. The van der Waals surface area contributed by atoms with Gasteiger partial charge >= 0.3 is 0 Å². The van der Waals surface area contributed by atoms with Crippen LogP contribution in [0.1, 0.15) is 30.6 Å². The normalized spacial score (nSPS) is 15.5. The smallest absolute Gasteiger partial charge is 0.161 e. The van der Waals surface area contributed by atoms with E-state index in [1.54, 1.807) is 0 Å². The summed E-state index contributed by atoms with van der Waals surface area (Å²) in [6.07, 6.45) is 2.74. The first-order valence-corrected chi connectivity index (χ1v) is 7.34. The Morgan fingerprint density at radius 3 is 2.81 bits per heavy atom. The molecule has 0 fully saturated rings. The van der Waals surface area contributed by atoms with Crippen LogP contribution >= 0.6 is 0 Å². The molecule has 0 spiro atoms. The van der Waals surface area contributed by atoms with Gasteiger partial charge in [-0.25, -0.2) is 0 Å². The van der Waals surface area contributed by atoms with Crippen molar-refractivity contribution in [1.29, 1.82) is 0 Å². The number of aromatic nitrogens is 2. The summed E-state index contributed by atoms with van der Waals surface area (Å²) >= 11 is 0. The van der Waals surface area contributed by atoms with Crippen molar-refractivity contribution in [3.63, 3.8) is 0 Å². The molecule has 112 valence electrons. The summed E-state index contributed by atoms with van der Waals surface area (Å²) in [5, 5.41) is 7.68. The van der Waals surface area contributed by atoms with Crippen LogP contribution < -0.4 is 14.8 Å². The molecule has 1 aromatic carbocycles. The largest absolute Gasteiger partial charge is 0.490 e. The third-order valence-electron chi connectivity index (χ3n) is 3.78. The Bertz CT molecular complexity index is 609. The van der Waals surface area contributed by atoms with E-state index in [1.165, 1.54) is 5.56 Å². The highest BCUT2D eigenvalue weighted by atomic mass is 16.5. The van der Waals surface area contributed by atoms with Crippen LogP contribution in [0.15, 0.2) is 30.5 Å². The zero-order chi connectivity index (χ0) is 14.7. The third kappa shape index (κ3) is 3.19. The fourth-order valence-electron chi connectivity index (χ4n) is 2.40. The van der Waals surface area contributed by atoms with Crippen LogP contribution in [0, 0.1) is 0 Å². The summed E-state index contributed by atoms with van der Waals surface area (Å²) < 4.78 is 13.3. The second-order valence-electron chi connectivity index (χ2n) is 5.31. The van der Waals surface area contributed by atoms with Crippen molar-refractivity contribution < 1.29 is 9.47 Å². The third-order valence-corrected chi connectivity index (χ3v) is 3.78. The predicted octanol–water partition coefficient (Wildman–Crippen LogP) is 2.43. The van der Waals surface area contributed by atoms with Gasteiger partial charge in [-0.15, -0.1) is 0 Å². The number of hydrogen-bond donors (Lipinski definition) is 1. The quantitative estimate of drug-likeness (QED) is 0.938. The number of ether oxygens (including phenoxy) is 2. The fourth-order valence-corrected chi connectivity index (χ4v) is 2.40. The minimum Gasteiger partial charge on any atom is -0.490 e. The van der Waals surface area contributed by atoms with E-state index in [9.17, 15) is 0 Å². The second kappa shape index (κ2) is 6.18. The number of nitrogens with one attached hydrogen (secondary N) is 1. The van der Waals surface area contributed by atoms with Crippen molar-refractivity contribution >= 4 is 0 Å². The molecule has 0 amide bonds. The Morgan fingerprint density at radius 2 is 2.05 bits per heavy atom. The molecule has 0 bridgehead atoms. The molecule has 2 aromatic rings. The van der Waals surface area contributed by atoms with Gasteiger partial charge < -0.3 is 14.8 Å². The summed E-state index contributed by atoms with van der Waals surface area (Å²) in [5.41, 5.74) is 2.36. The average molecular weight is 287 g/mol. The van der Waals surface area contributed by atoms with Crippen LogP contribution in [0.2, 0.25) is 0 Å². The molecule has 0 saturated heterocycles. The lowest BCUT2D eigenvalue weighted by Gasteiger charge is -2.16. The van der Waals surface area contributed by atoms with E-state index in [2.05, 4.69) is 29.5 Å². The number of nitrogens with zero attached hydrogens (tertiary/aromatic N) is 2. The van der Waals surface area contributed by atoms with Crippen molar-refractivity contribution in [2.24, 2.45) is 7.05 Å². The number of rotatable bonds is 4. The van der Waals surface area contributed by atoms with Gasteiger partial charge in [-0.2, -0.15) is 5.10 Å². The minimum atomic E-state index is 0.233. The maximum absolute atomic E-state index is 5.74. The summed E-state index contributed by atoms with van der Waals surface area (Å²) in [6, 6.07) is 8.42. The van der Waals surface area contributed by atoms with Gasteiger partial charge in [-0.1, -0.05) is 6.07 Å². The lowest BCUT2D eigenvalue weighted by atomic mass is 10.1. The van der Waals surface area contributed by atoms with Gasteiger partial charge in [-0.3, -0.25) is 4.68 Å². The van der Waals surface area contributed by atoms with Crippen LogP contribution in [-0.4, -0.2) is 23.0 Å². The maximum atomic E-state index is 5.74. The molecule has 1 aliphatic heterocycles. The Kier molecular flexibility index (Phi) is 4.10. The zero-order valence-electron chi connectivity index (χ0n) is 12.5. The minimum absolute atomic E-state index is 0.233. The fraction of sp³-hybridized carbons (Fsp3) is 0.438. The van der Waals surface area contributed by atoms with E-state index in [0.717, 1.165) is 36.8 Å². The number of hydrogen-bond acceptors (Lipinski definition) is 4. The van der Waals surface area contributed by atoms with E-state index in [0.29, 0.717) is 6.61 Å². The van der Waals surface area contributed by atoms with Gasteiger partial charge in [0.2, 0.25) is 0 Å². The van der Waals surface area contributed by atoms with Crippen molar-refractivity contribution in [1.82, 2.24) is 15.1 Å². The zero-order valence-corrected chi connectivity index (χ0v) is 12.5. The molecule has 5 nitrogen and oxygen atoms in total. The monoisotopic (exact) mass is 287 g/mol. The molecule has 0 saturated carbocycles. The van der Waals surface area contributed by atoms with Crippen molar-refractivity contribution in [3.8, 4) is 11.5 Å². The Balaban J connectivity index is 1.68. The molecule has 1 N–H and O–H groups in total. The van der Waals surface area contributed by atoms with Gasteiger partial charge in [0.1, 0.15) is 0 Å². The Labute approximate surface area is 124 Å². The van der Waals surface area contributed by atoms with Gasteiger partial charge in [0, 0.05) is 32.3 Å². The highest BCUT2D eigenvalue weighted by Crippen LogP contribution is 2.32. The van der Waals surface area contributed by atoms with Crippen molar-refractivity contribution in [2.45, 2.75) is 25.9 Å². The van der Waals surface area contributed by atoms with Crippen LogP contribution in [0.5, 0.6) is 11.5 Å². The topological polar surface area (TPSA) is 48.3 Å². The first-order valence-electron chi connectivity index (χ1n) is 7.34. The highest BCUT2D eigenvalue weighted by molar-refractivity contribution is 5.44. The Hall–Kier alpha value is -2.01. The molecule has 1 aliphatic rings. The molecule has 3 rings (SSSR count). The average Bonchev–Trinajstić information content (AvgIpc) is 2.76. The van der Waals surface area contributed by atoms with Crippen LogP contribution in [0.25, 0.3) is 0 Å². The molecule has 1 aromatic heterocycles. The van der Waals surface area contributed by atoms with Crippen LogP contribution in [0.3, 0.4) is 0 Å². The lowest BCUT2D eigenvalue weighted by Crippen LogP contribution is -2.19. The van der Waals surface area contributed by atoms with Gasteiger partial charge in [0.25, 0.3) is 0 Å². The summed E-state index contributed by atoms with van der Waals surface area (Å²) in [5.74, 6) is 1.69. The SMILES string of the molecule is CC(NCc1ccnn1C)c1ccc2c(c1)OCCCO2. The molecular weight excluding hydrogens is 266 g/mol. The number of fused-ring (bicyclic) bond motifs is 1. The predicted molar refractivity (Wildman–Crippen MR) is 80.5 cm³/mol. The van der Waals surface area contributed by atoms with Crippen molar-refractivity contribution in [3.05, 3.63) is 41.7 Å². The summed E-state index contributed by atoms with van der Waals surface area (Å²) in [7, 11) is 1.95.